The molecule has 180 valence electrons. The molecule has 2 aromatic heterocycles. The van der Waals surface area contributed by atoms with Gasteiger partial charge in [-0.2, -0.15) is 13.2 Å². The molecule has 0 amide bonds. The second kappa shape index (κ2) is 8.62. The Kier molecular flexibility index (Phi) is 5.42. The Morgan fingerprint density at radius 3 is 2.54 bits per heavy atom. The van der Waals surface area contributed by atoms with Crippen LogP contribution < -0.4 is 4.90 Å². The van der Waals surface area contributed by atoms with Crippen LogP contribution in [0.25, 0.3) is 22.2 Å². The van der Waals surface area contributed by atoms with Gasteiger partial charge in [-0.15, -0.1) is 0 Å². The Morgan fingerprint density at radius 1 is 0.971 bits per heavy atom. The van der Waals surface area contributed by atoms with E-state index in [2.05, 4.69) is 32.7 Å². The van der Waals surface area contributed by atoms with Crippen LogP contribution in [0.15, 0.2) is 60.9 Å². The van der Waals surface area contributed by atoms with Crippen molar-refractivity contribution in [3.05, 3.63) is 72.3 Å². The molecule has 6 rings (SSSR count). The van der Waals surface area contributed by atoms with Crippen molar-refractivity contribution in [2.24, 2.45) is 0 Å². The minimum Gasteiger partial charge on any atom is -0.371 e. The van der Waals surface area contributed by atoms with Crippen molar-refractivity contribution >= 4 is 17.0 Å². The zero-order chi connectivity index (χ0) is 24.0. The lowest BCUT2D eigenvalue weighted by Gasteiger charge is -2.33. The summed E-state index contributed by atoms with van der Waals surface area (Å²) in [6, 6.07) is 16.2. The topological polar surface area (TPSA) is 65.3 Å². The van der Waals surface area contributed by atoms with Gasteiger partial charge in [-0.3, -0.25) is 0 Å². The molecule has 35 heavy (non-hydrogen) atoms. The summed E-state index contributed by atoms with van der Waals surface area (Å²) in [7, 11) is 0. The molecule has 2 atom stereocenters. The first-order valence-corrected chi connectivity index (χ1v) is 11.4. The zero-order valence-electron chi connectivity index (χ0n) is 18.7. The maximum Gasteiger partial charge on any atom is 0.416 e. The van der Waals surface area contributed by atoms with E-state index in [-0.39, 0.29) is 25.1 Å². The molecule has 1 fully saturated rings. The molecule has 0 aliphatic carbocycles. The fourth-order valence-electron chi connectivity index (χ4n) is 4.69. The third-order valence-electron chi connectivity index (χ3n) is 6.45. The van der Waals surface area contributed by atoms with E-state index in [0.29, 0.717) is 19.8 Å². The molecule has 0 bridgehead atoms. The number of alkyl halides is 3. The summed E-state index contributed by atoms with van der Waals surface area (Å²) in [5, 5.41) is 0. The van der Waals surface area contributed by atoms with Gasteiger partial charge in [0.25, 0.3) is 0 Å². The Bertz CT molecular complexity index is 1340. The molecule has 0 spiro atoms. The minimum absolute atomic E-state index is 0.0155. The number of morpholine rings is 1. The van der Waals surface area contributed by atoms with Gasteiger partial charge in [-0.25, -0.2) is 15.0 Å². The fraction of sp³-hybridized carbons (Fsp3) is 0.320. The average molecular weight is 481 g/mol. The molecule has 0 radical (unpaired) electrons. The van der Waals surface area contributed by atoms with Gasteiger partial charge in [0, 0.05) is 24.5 Å². The normalized spacial score (nSPS) is 20.7. The van der Waals surface area contributed by atoms with Gasteiger partial charge in [0.2, 0.25) is 5.95 Å². The van der Waals surface area contributed by atoms with Gasteiger partial charge in [-0.05, 0) is 23.3 Å². The number of nitrogens with zero attached hydrogens (tertiary/aromatic N) is 5. The summed E-state index contributed by atoms with van der Waals surface area (Å²) in [6.45, 7) is 0.972. The second-order valence-electron chi connectivity index (χ2n) is 8.66. The lowest BCUT2D eigenvalue weighted by atomic mass is 10.1. The quantitative estimate of drug-likeness (QED) is 0.433. The number of imidazole rings is 1. The van der Waals surface area contributed by atoms with Crippen LogP contribution in [0.4, 0.5) is 19.1 Å². The van der Waals surface area contributed by atoms with Gasteiger partial charge in [0.15, 0.2) is 6.10 Å². The lowest BCUT2D eigenvalue weighted by molar-refractivity contribution is -0.221. The third-order valence-corrected chi connectivity index (χ3v) is 6.45. The van der Waals surface area contributed by atoms with Crippen molar-refractivity contribution in [2.75, 3.05) is 31.2 Å². The predicted molar refractivity (Wildman–Crippen MR) is 123 cm³/mol. The van der Waals surface area contributed by atoms with E-state index in [1.54, 1.807) is 12.4 Å². The lowest BCUT2D eigenvalue weighted by Crippen LogP contribution is -2.49. The number of hydrogen-bond acceptors (Lipinski definition) is 6. The molecular weight excluding hydrogens is 459 g/mol. The molecule has 4 aromatic rings. The van der Waals surface area contributed by atoms with Gasteiger partial charge in [0.05, 0.1) is 36.8 Å². The summed E-state index contributed by atoms with van der Waals surface area (Å²) in [5.74, 6) is 1.13. The average Bonchev–Trinajstić information content (AvgIpc) is 3.27. The highest BCUT2D eigenvalue weighted by Gasteiger charge is 2.43. The van der Waals surface area contributed by atoms with Crippen molar-refractivity contribution in [2.45, 2.75) is 24.9 Å². The number of anilines is 1. The van der Waals surface area contributed by atoms with Crippen LogP contribution in [0, 0.1) is 0 Å². The van der Waals surface area contributed by atoms with Crippen molar-refractivity contribution < 1.29 is 22.6 Å². The van der Waals surface area contributed by atoms with Crippen LogP contribution in [0.1, 0.15) is 17.4 Å². The van der Waals surface area contributed by atoms with Gasteiger partial charge in [0.1, 0.15) is 12.4 Å². The summed E-state index contributed by atoms with van der Waals surface area (Å²) in [6.07, 6.45) is -2.96. The zero-order valence-corrected chi connectivity index (χ0v) is 18.7. The molecular formula is C25H22F3N5O2. The number of halogens is 3. The van der Waals surface area contributed by atoms with Gasteiger partial charge in [-0.1, -0.05) is 36.4 Å². The third kappa shape index (κ3) is 4.12. The summed E-state index contributed by atoms with van der Waals surface area (Å²) < 4.78 is 52.1. The highest BCUT2D eigenvalue weighted by molar-refractivity contribution is 5.83. The molecule has 7 nitrogen and oxygen atoms in total. The SMILES string of the molecule is FC(F)(F)C1CN(c2ncc(-c3ccc4nc5n(c4c3)[C@@H](c3ccccc3)COC5)cn2)CCO1. The first kappa shape index (κ1) is 22.0. The molecule has 4 heterocycles. The van der Waals surface area contributed by atoms with Crippen LogP contribution >= 0.6 is 0 Å². The van der Waals surface area contributed by atoms with E-state index < -0.39 is 12.3 Å². The number of ether oxygens (including phenoxy) is 2. The van der Waals surface area contributed by atoms with Crippen LogP contribution in [0.2, 0.25) is 0 Å². The van der Waals surface area contributed by atoms with Crippen LogP contribution in [0.5, 0.6) is 0 Å². The van der Waals surface area contributed by atoms with Gasteiger partial charge < -0.3 is 18.9 Å². The number of fused-ring (bicyclic) bond motifs is 3. The molecule has 2 aromatic carbocycles. The Labute approximate surface area is 199 Å². The van der Waals surface area contributed by atoms with E-state index in [9.17, 15) is 13.2 Å². The Morgan fingerprint density at radius 2 is 1.77 bits per heavy atom. The molecule has 1 unspecified atom stereocenters. The molecule has 0 N–H and O–H groups in total. The first-order valence-electron chi connectivity index (χ1n) is 11.4. The number of hydrogen-bond donors (Lipinski definition) is 0. The second-order valence-corrected chi connectivity index (χ2v) is 8.66. The number of benzene rings is 2. The smallest absolute Gasteiger partial charge is 0.371 e. The molecule has 10 heteroatoms. The monoisotopic (exact) mass is 481 g/mol. The first-order chi connectivity index (χ1) is 17.0. The van der Waals surface area contributed by atoms with Crippen LogP contribution in [-0.2, 0) is 16.1 Å². The number of rotatable bonds is 3. The van der Waals surface area contributed by atoms with Crippen LogP contribution in [0.3, 0.4) is 0 Å². The largest absolute Gasteiger partial charge is 0.416 e. The Hall–Kier alpha value is -3.50. The maximum absolute atomic E-state index is 13.1. The van der Waals surface area contributed by atoms with Crippen LogP contribution in [-0.4, -0.2) is 58.1 Å². The molecule has 0 saturated carbocycles. The van der Waals surface area contributed by atoms with Crippen molar-refractivity contribution in [1.29, 1.82) is 0 Å². The summed E-state index contributed by atoms with van der Waals surface area (Å²) in [4.78, 5) is 15.0. The molecule has 2 aliphatic heterocycles. The summed E-state index contributed by atoms with van der Waals surface area (Å²) in [5.41, 5.74) is 4.68. The van der Waals surface area contributed by atoms with E-state index in [4.69, 9.17) is 14.5 Å². The fourth-order valence-corrected chi connectivity index (χ4v) is 4.69. The standard InChI is InChI=1S/C25H22F3N5O2/c26-25(27,28)22-13-32(8-9-35-22)24-29-11-18(12-30-24)17-6-7-19-20(10-17)33-21(14-34-15-23(33)31-19)16-4-2-1-3-5-16/h1-7,10-12,21-22H,8-9,13-15H2/t21-,22?/m1/s1. The molecule has 2 aliphatic rings. The van der Waals surface area contributed by atoms with E-state index >= 15 is 0 Å². The maximum atomic E-state index is 13.1. The van der Waals surface area contributed by atoms with Crippen molar-refractivity contribution in [1.82, 2.24) is 19.5 Å². The predicted octanol–water partition coefficient (Wildman–Crippen LogP) is 4.38. The Balaban J connectivity index is 1.31. The van der Waals surface area contributed by atoms with Crippen molar-refractivity contribution in [3.63, 3.8) is 0 Å². The number of aromatic nitrogens is 4. The van der Waals surface area contributed by atoms with Crippen molar-refractivity contribution in [3.8, 4) is 11.1 Å². The highest BCUT2D eigenvalue weighted by Crippen LogP contribution is 2.33. The summed E-state index contributed by atoms with van der Waals surface area (Å²) >= 11 is 0. The highest BCUT2D eigenvalue weighted by atomic mass is 19.4. The van der Waals surface area contributed by atoms with E-state index in [1.165, 1.54) is 4.90 Å². The van der Waals surface area contributed by atoms with E-state index in [1.807, 2.05) is 30.3 Å². The molecule has 1 saturated heterocycles. The van der Waals surface area contributed by atoms with E-state index in [0.717, 1.165) is 33.5 Å². The minimum atomic E-state index is -4.42. The van der Waals surface area contributed by atoms with Gasteiger partial charge >= 0.3 is 6.18 Å².